The lowest BCUT2D eigenvalue weighted by atomic mass is 10.1. The average molecular weight is 343 g/mol. The van der Waals surface area contributed by atoms with Crippen LogP contribution in [0.4, 0.5) is 24.5 Å². The van der Waals surface area contributed by atoms with Crippen LogP contribution in [0.2, 0.25) is 0 Å². The molecule has 2 aliphatic rings. The van der Waals surface area contributed by atoms with E-state index in [2.05, 4.69) is 0 Å². The van der Waals surface area contributed by atoms with Crippen molar-refractivity contribution < 1.29 is 22.9 Å². The van der Waals surface area contributed by atoms with Gasteiger partial charge in [0.15, 0.2) is 0 Å². The summed E-state index contributed by atoms with van der Waals surface area (Å²) in [6.07, 6.45) is -2.81. The highest BCUT2D eigenvalue weighted by Crippen LogP contribution is 2.37. The molecule has 0 spiro atoms. The molecule has 1 aromatic rings. The van der Waals surface area contributed by atoms with E-state index in [1.807, 2.05) is 0 Å². The molecule has 130 valence electrons. The molecule has 3 rings (SSSR count). The third-order valence-corrected chi connectivity index (χ3v) is 4.36. The Bertz CT molecular complexity index is 666. The minimum Gasteiger partial charge on any atom is -0.362 e. The second-order valence-corrected chi connectivity index (χ2v) is 6.04. The van der Waals surface area contributed by atoms with E-state index in [1.54, 1.807) is 9.80 Å². The van der Waals surface area contributed by atoms with E-state index in [-0.39, 0.29) is 17.5 Å². The van der Waals surface area contributed by atoms with Crippen molar-refractivity contribution in [3.63, 3.8) is 0 Å². The number of hydrogen-bond donors (Lipinski definition) is 0. The van der Waals surface area contributed by atoms with Crippen molar-refractivity contribution in [2.45, 2.75) is 19.0 Å². The molecule has 1 aliphatic heterocycles. The fraction of sp³-hybridized carbons (Fsp3) is 0.533. The standard InChI is InChI=1S/C15H16F3N3O3/c16-15(17,18)11-3-4-12(13(9-11)21(23)24)19-5-7-20(8-6-19)14(22)10-1-2-10/h3-4,9-10H,1-2,5-8H2. The highest BCUT2D eigenvalue weighted by molar-refractivity contribution is 5.81. The maximum absolute atomic E-state index is 12.7. The quantitative estimate of drug-likeness (QED) is 0.625. The van der Waals surface area contributed by atoms with Crippen LogP contribution in [0.5, 0.6) is 0 Å². The summed E-state index contributed by atoms with van der Waals surface area (Å²) in [5.74, 6) is 0.216. The van der Waals surface area contributed by atoms with E-state index in [1.165, 1.54) is 0 Å². The van der Waals surface area contributed by atoms with Gasteiger partial charge in [0.05, 0.1) is 10.5 Å². The van der Waals surface area contributed by atoms with Gasteiger partial charge < -0.3 is 9.80 Å². The summed E-state index contributed by atoms with van der Waals surface area (Å²) >= 11 is 0. The Morgan fingerprint density at radius 1 is 1.17 bits per heavy atom. The van der Waals surface area contributed by atoms with Crippen LogP contribution >= 0.6 is 0 Å². The third-order valence-electron chi connectivity index (χ3n) is 4.36. The van der Waals surface area contributed by atoms with Crippen molar-refractivity contribution in [1.29, 1.82) is 0 Å². The first kappa shape index (κ1) is 16.5. The zero-order chi connectivity index (χ0) is 17.5. The third kappa shape index (κ3) is 3.29. The summed E-state index contributed by atoms with van der Waals surface area (Å²) in [6.45, 7) is 1.58. The molecule has 0 N–H and O–H groups in total. The Labute approximate surface area is 136 Å². The topological polar surface area (TPSA) is 66.7 Å². The van der Waals surface area contributed by atoms with Gasteiger partial charge in [0.1, 0.15) is 5.69 Å². The number of piperazine rings is 1. The van der Waals surface area contributed by atoms with Crippen molar-refractivity contribution in [3.05, 3.63) is 33.9 Å². The van der Waals surface area contributed by atoms with Crippen molar-refractivity contribution in [2.75, 3.05) is 31.1 Å². The predicted octanol–water partition coefficient (Wildman–Crippen LogP) is 2.67. The molecule has 0 atom stereocenters. The lowest BCUT2D eigenvalue weighted by Crippen LogP contribution is -2.49. The van der Waals surface area contributed by atoms with Crippen LogP contribution in [0, 0.1) is 16.0 Å². The first-order valence-corrected chi connectivity index (χ1v) is 7.67. The van der Waals surface area contributed by atoms with Gasteiger partial charge in [-0.1, -0.05) is 0 Å². The van der Waals surface area contributed by atoms with Crippen LogP contribution in [-0.2, 0) is 11.0 Å². The summed E-state index contributed by atoms with van der Waals surface area (Å²) in [7, 11) is 0. The molecule has 1 heterocycles. The lowest BCUT2D eigenvalue weighted by Gasteiger charge is -2.36. The van der Waals surface area contributed by atoms with Crippen LogP contribution in [0.25, 0.3) is 0 Å². The number of carbonyl (C=O) groups excluding carboxylic acids is 1. The van der Waals surface area contributed by atoms with Gasteiger partial charge in [0.2, 0.25) is 5.91 Å². The molecule has 0 unspecified atom stereocenters. The van der Waals surface area contributed by atoms with Gasteiger partial charge in [-0.3, -0.25) is 14.9 Å². The van der Waals surface area contributed by atoms with Crippen LogP contribution in [0.3, 0.4) is 0 Å². The second-order valence-electron chi connectivity index (χ2n) is 6.04. The van der Waals surface area contributed by atoms with Gasteiger partial charge in [-0.2, -0.15) is 13.2 Å². The highest BCUT2D eigenvalue weighted by atomic mass is 19.4. The molecule has 1 saturated carbocycles. The summed E-state index contributed by atoms with van der Waals surface area (Å²) < 4.78 is 38.2. The summed E-state index contributed by atoms with van der Waals surface area (Å²) in [6, 6.07) is 2.56. The van der Waals surface area contributed by atoms with E-state index >= 15 is 0 Å². The Morgan fingerprint density at radius 2 is 1.79 bits per heavy atom. The van der Waals surface area contributed by atoms with E-state index in [0.29, 0.717) is 32.2 Å². The summed E-state index contributed by atoms with van der Waals surface area (Å²) in [4.78, 5) is 25.8. The molecule has 24 heavy (non-hydrogen) atoms. The number of halogens is 3. The van der Waals surface area contributed by atoms with Crippen LogP contribution < -0.4 is 4.90 Å². The minimum atomic E-state index is -4.63. The molecule has 1 amide bonds. The maximum atomic E-state index is 12.7. The molecule has 6 nitrogen and oxygen atoms in total. The smallest absolute Gasteiger partial charge is 0.362 e. The normalized spacial score (nSPS) is 18.6. The summed E-state index contributed by atoms with van der Waals surface area (Å²) in [5.41, 5.74) is -1.45. The molecule has 2 fully saturated rings. The van der Waals surface area contributed by atoms with Crippen molar-refractivity contribution in [3.8, 4) is 0 Å². The van der Waals surface area contributed by atoms with Gasteiger partial charge >= 0.3 is 6.18 Å². The SMILES string of the molecule is O=C(C1CC1)N1CCN(c2ccc(C(F)(F)F)cc2[N+](=O)[O-])CC1. The Balaban J connectivity index is 1.77. The molecule has 1 saturated heterocycles. The number of benzene rings is 1. The number of amides is 1. The largest absolute Gasteiger partial charge is 0.416 e. The predicted molar refractivity (Wildman–Crippen MR) is 79.6 cm³/mol. The van der Waals surface area contributed by atoms with Crippen molar-refractivity contribution in [2.24, 2.45) is 5.92 Å². The maximum Gasteiger partial charge on any atom is 0.416 e. The number of anilines is 1. The van der Waals surface area contributed by atoms with Crippen molar-refractivity contribution in [1.82, 2.24) is 4.90 Å². The van der Waals surface area contributed by atoms with Gasteiger partial charge in [-0.05, 0) is 25.0 Å². The number of nitro groups is 1. The molecule has 0 bridgehead atoms. The molecular weight excluding hydrogens is 327 g/mol. The van der Waals surface area contributed by atoms with Crippen LogP contribution in [0.15, 0.2) is 18.2 Å². The van der Waals surface area contributed by atoms with Gasteiger partial charge in [0, 0.05) is 38.2 Å². The number of nitro benzene ring substituents is 1. The van der Waals surface area contributed by atoms with Gasteiger partial charge in [-0.25, -0.2) is 0 Å². The lowest BCUT2D eigenvalue weighted by molar-refractivity contribution is -0.384. The zero-order valence-corrected chi connectivity index (χ0v) is 12.8. The minimum absolute atomic E-state index is 0.108. The Morgan fingerprint density at radius 3 is 2.29 bits per heavy atom. The first-order chi connectivity index (χ1) is 11.3. The second kappa shape index (κ2) is 5.95. The van der Waals surface area contributed by atoms with E-state index < -0.39 is 22.4 Å². The van der Waals surface area contributed by atoms with Crippen molar-refractivity contribution >= 4 is 17.3 Å². The molecule has 0 radical (unpaired) electrons. The van der Waals surface area contributed by atoms with E-state index in [0.717, 1.165) is 25.0 Å². The molecular formula is C15H16F3N3O3. The number of alkyl halides is 3. The van der Waals surface area contributed by atoms with Gasteiger partial charge in [0.25, 0.3) is 5.69 Å². The molecule has 0 aromatic heterocycles. The fourth-order valence-corrected chi connectivity index (χ4v) is 2.87. The average Bonchev–Trinajstić information content (AvgIpc) is 3.38. The Hall–Kier alpha value is -2.32. The summed E-state index contributed by atoms with van der Waals surface area (Å²) in [5, 5.41) is 11.2. The van der Waals surface area contributed by atoms with E-state index in [9.17, 15) is 28.1 Å². The fourth-order valence-electron chi connectivity index (χ4n) is 2.87. The van der Waals surface area contributed by atoms with Crippen LogP contribution in [-0.4, -0.2) is 41.9 Å². The first-order valence-electron chi connectivity index (χ1n) is 7.67. The Kier molecular flexibility index (Phi) is 4.10. The number of nitrogens with zero attached hydrogens (tertiary/aromatic N) is 3. The zero-order valence-electron chi connectivity index (χ0n) is 12.8. The number of hydrogen-bond acceptors (Lipinski definition) is 4. The monoisotopic (exact) mass is 343 g/mol. The molecule has 1 aromatic carbocycles. The highest BCUT2D eigenvalue weighted by Gasteiger charge is 2.36. The molecule has 9 heteroatoms. The van der Waals surface area contributed by atoms with Crippen LogP contribution in [0.1, 0.15) is 18.4 Å². The number of carbonyl (C=O) groups is 1. The van der Waals surface area contributed by atoms with Gasteiger partial charge in [-0.15, -0.1) is 0 Å². The van der Waals surface area contributed by atoms with E-state index in [4.69, 9.17) is 0 Å². The molecule has 1 aliphatic carbocycles. The number of rotatable bonds is 3.